The zero-order valence-electron chi connectivity index (χ0n) is 20.9. The van der Waals surface area contributed by atoms with Gasteiger partial charge >= 0.3 is 0 Å². The highest BCUT2D eigenvalue weighted by Crippen LogP contribution is 2.27. The molecule has 0 unspecified atom stereocenters. The van der Waals surface area contributed by atoms with Crippen LogP contribution in [0.2, 0.25) is 0 Å². The number of amides is 1. The second kappa shape index (κ2) is 11.4. The minimum atomic E-state index is -3.91. The highest BCUT2D eigenvalue weighted by Gasteiger charge is 2.30. The number of thiophene rings is 1. The summed E-state index contributed by atoms with van der Waals surface area (Å²) in [5, 5.41) is 3.54. The van der Waals surface area contributed by atoms with Gasteiger partial charge in [-0.3, -0.25) is 4.79 Å². The Hall–Kier alpha value is -3.00. The largest absolute Gasteiger partial charge is 0.332 e. The van der Waals surface area contributed by atoms with Gasteiger partial charge in [-0.05, 0) is 46.9 Å². The zero-order chi connectivity index (χ0) is 25.7. The summed E-state index contributed by atoms with van der Waals surface area (Å²) in [6, 6.07) is 24.6. The van der Waals surface area contributed by atoms with E-state index in [0.29, 0.717) is 18.5 Å². The van der Waals surface area contributed by atoms with Crippen molar-refractivity contribution in [1.82, 2.24) is 9.21 Å². The lowest BCUT2D eigenvalue weighted by Crippen LogP contribution is -2.43. The maximum absolute atomic E-state index is 13.9. The number of fused-ring (bicyclic) bond motifs is 1. The first kappa shape index (κ1) is 26.1. The van der Waals surface area contributed by atoms with Gasteiger partial charge in [-0.2, -0.15) is 4.31 Å². The van der Waals surface area contributed by atoms with Crippen LogP contribution in [0.3, 0.4) is 0 Å². The molecule has 3 aromatic carbocycles. The van der Waals surface area contributed by atoms with Gasteiger partial charge in [0.05, 0.1) is 18.0 Å². The minimum absolute atomic E-state index is 0.0599. The fourth-order valence-electron chi connectivity index (χ4n) is 4.24. The summed E-state index contributed by atoms with van der Waals surface area (Å²) in [6.07, 6.45) is 0. The second-order valence-electron chi connectivity index (χ2n) is 9.43. The number of sulfonamides is 1. The molecule has 0 aliphatic carbocycles. The molecule has 1 heterocycles. The Balaban J connectivity index is 1.67. The van der Waals surface area contributed by atoms with Crippen LogP contribution in [0.1, 0.15) is 29.9 Å². The van der Waals surface area contributed by atoms with Gasteiger partial charge in [-0.25, -0.2) is 8.42 Å². The summed E-state index contributed by atoms with van der Waals surface area (Å²) in [5.74, 6) is -0.152. The first-order valence-electron chi connectivity index (χ1n) is 12.1. The van der Waals surface area contributed by atoms with Crippen molar-refractivity contribution in [1.29, 1.82) is 0 Å². The van der Waals surface area contributed by atoms with Gasteiger partial charge in [0.15, 0.2) is 0 Å². The lowest BCUT2D eigenvalue weighted by atomic mass is 10.1. The van der Waals surface area contributed by atoms with Crippen molar-refractivity contribution in [3.05, 3.63) is 100 Å². The predicted molar refractivity (Wildman–Crippen MR) is 147 cm³/mol. The van der Waals surface area contributed by atoms with Crippen LogP contribution in [0.15, 0.2) is 89.1 Å². The number of carbonyl (C=O) groups excluding carboxylic acids is 1. The lowest BCUT2D eigenvalue weighted by Gasteiger charge is -2.28. The van der Waals surface area contributed by atoms with Gasteiger partial charge in [0, 0.05) is 23.4 Å². The first-order valence-corrected chi connectivity index (χ1v) is 14.4. The average Bonchev–Trinajstić information content (AvgIpc) is 3.27. The molecule has 0 N–H and O–H groups in total. The van der Waals surface area contributed by atoms with Crippen molar-refractivity contribution in [2.45, 2.75) is 38.8 Å². The minimum Gasteiger partial charge on any atom is -0.332 e. The highest BCUT2D eigenvalue weighted by atomic mass is 32.2. The Kier molecular flexibility index (Phi) is 8.24. The number of carbonyl (C=O) groups is 1. The molecule has 0 atom stereocenters. The zero-order valence-corrected chi connectivity index (χ0v) is 22.6. The Morgan fingerprint density at radius 3 is 2.28 bits per heavy atom. The van der Waals surface area contributed by atoms with Gasteiger partial charge in [0.25, 0.3) is 0 Å². The molecule has 36 heavy (non-hydrogen) atoms. The predicted octanol–water partition coefficient (Wildman–Crippen LogP) is 6.09. The van der Waals surface area contributed by atoms with Crippen LogP contribution in [-0.2, 0) is 27.9 Å². The molecule has 0 saturated heterocycles. The molecule has 4 rings (SSSR count). The van der Waals surface area contributed by atoms with Crippen LogP contribution in [0.4, 0.5) is 0 Å². The van der Waals surface area contributed by atoms with Crippen molar-refractivity contribution in [3.8, 4) is 0 Å². The van der Waals surface area contributed by atoms with Crippen molar-refractivity contribution in [2.75, 3.05) is 13.1 Å². The van der Waals surface area contributed by atoms with E-state index < -0.39 is 10.0 Å². The van der Waals surface area contributed by atoms with E-state index in [1.807, 2.05) is 92.9 Å². The van der Waals surface area contributed by atoms with E-state index in [9.17, 15) is 13.2 Å². The van der Waals surface area contributed by atoms with E-state index in [1.165, 1.54) is 4.31 Å². The summed E-state index contributed by atoms with van der Waals surface area (Å²) in [7, 11) is -3.91. The number of hydrogen-bond donors (Lipinski definition) is 0. The Morgan fingerprint density at radius 1 is 0.889 bits per heavy atom. The van der Waals surface area contributed by atoms with Gasteiger partial charge in [-0.1, -0.05) is 80.6 Å². The number of aryl methyl sites for hydroxylation is 1. The summed E-state index contributed by atoms with van der Waals surface area (Å²) >= 11 is 1.61. The van der Waals surface area contributed by atoms with E-state index in [2.05, 4.69) is 0 Å². The smallest absolute Gasteiger partial charge is 0.244 e. The molecule has 1 amide bonds. The molecule has 5 nitrogen and oxygen atoms in total. The van der Waals surface area contributed by atoms with E-state index >= 15 is 0 Å². The van der Waals surface area contributed by atoms with Crippen LogP contribution in [0.25, 0.3) is 10.8 Å². The van der Waals surface area contributed by atoms with E-state index in [4.69, 9.17) is 0 Å². The maximum atomic E-state index is 13.9. The van der Waals surface area contributed by atoms with Gasteiger partial charge in [0.2, 0.25) is 15.9 Å². The van der Waals surface area contributed by atoms with E-state index in [-0.39, 0.29) is 29.8 Å². The molecule has 0 bridgehead atoms. The molecule has 0 fully saturated rings. The van der Waals surface area contributed by atoms with Gasteiger partial charge in [-0.15, -0.1) is 11.3 Å². The Bertz CT molecular complexity index is 1420. The molecular formula is C29H32N2O3S2. The van der Waals surface area contributed by atoms with Crippen LogP contribution < -0.4 is 0 Å². The molecule has 0 saturated carbocycles. The van der Waals surface area contributed by atoms with Crippen LogP contribution in [-0.4, -0.2) is 36.6 Å². The van der Waals surface area contributed by atoms with Crippen LogP contribution in [0.5, 0.6) is 0 Å². The summed E-state index contributed by atoms with van der Waals surface area (Å²) < 4.78 is 29.2. The van der Waals surface area contributed by atoms with E-state index in [0.717, 1.165) is 21.4 Å². The SMILES string of the molecule is Cc1ccsc1CN(Cc1ccccc1)C(=O)CN(CC(C)C)S(=O)(=O)c1cccc2ccccc12. The van der Waals surface area contributed by atoms with Crippen molar-refractivity contribution < 1.29 is 13.2 Å². The third kappa shape index (κ3) is 6.03. The van der Waals surface area contributed by atoms with E-state index in [1.54, 1.807) is 28.4 Å². The van der Waals surface area contributed by atoms with Crippen molar-refractivity contribution in [3.63, 3.8) is 0 Å². The molecule has 0 aliphatic heterocycles. The summed E-state index contributed by atoms with van der Waals surface area (Å²) in [6.45, 7) is 6.88. The van der Waals surface area contributed by atoms with Crippen LogP contribution in [0, 0.1) is 12.8 Å². The third-order valence-electron chi connectivity index (χ3n) is 6.12. The topological polar surface area (TPSA) is 57.7 Å². The second-order valence-corrected chi connectivity index (χ2v) is 12.3. The van der Waals surface area contributed by atoms with Crippen LogP contribution >= 0.6 is 11.3 Å². The molecule has 4 aromatic rings. The molecule has 0 spiro atoms. The monoisotopic (exact) mass is 520 g/mol. The quantitative estimate of drug-likeness (QED) is 0.254. The Labute approximate surface area is 218 Å². The van der Waals surface area contributed by atoms with Crippen molar-refractivity contribution in [2.24, 2.45) is 5.92 Å². The molecule has 7 heteroatoms. The fraction of sp³-hybridized carbons (Fsp3) is 0.276. The molecule has 0 aliphatic rings. The molecule has 0 radical (unpaired) electrons. The number of benzene rings is 3. The van der Waals surface area contributed by atoms with Gasteiger partial charge in [0.1, 0.15) is 0 Å². The standard InChI is InChI=1S/C29H32N2O3S2/c1-22(2)18-31(36(33,34)28-15-9-13-25-12-7-8-14-26(25)28)21-29(32)30(19-24-10-5-4-6-11-24)20-27-23(3)16-17-35-27/h4-17,22H,18-21H2,1-3H3. The Morgan fingerprint density at radius 2 is 1.58 bits per heavy atom. The average molecular weight is 521 g/mol. The summed E-state index contributed by atoms with van der Waals surface area (Å²) in [4.78, 5) is 16.8. The normalized spacial score (nSPS) is 11.9. The maximum Gasteiger partial charge on any atom is 0.244 e. The number of rotatable bonds is 10. The fourth-order valence-corrected chi connectivity index (χ4v) is 6.93. The van der Waals surface area contributed by atoms with Crippen molar-refractivity contribution >= 4 is 38.0 Å². The molecule has 188 valence electrons. The van der Waals surface area contributed by atoms with Gasteiger partial charge < -0.3 is 4.90 Å². The highest BCUT2D eigenvalue weighted by molar-refractivity contribution is 7.89. The first-order chi connectivity index (χ1) is 17.3. The third-order valence-corrected chi connectivity index (χ3v) is 9.00. The number of nitrogens with zero attached hydrogens (tertiary/aromatic N) is 2. The summed E-state index contributed by atoms with van der Waals surface area (Å²) in [5.41, 5.74) is 2.14. The molecule has 1 aromatic heterocycles. The lowest BCUT2D eigenvalue weighted by molar-refractivity contribution is -0.132. The number of hydrogen-bond acceptors (Lipinski definition) is 4. The molecular weight excluding hydrogens is 488 g/mol.